The van der Waals surface area contributed by atoms with E-state index in [1.165, 1.54) is 16.6 Å². The lowest BCUT2D eigenvalue weighted by molar-refractivity contribution is 0.0668. The zero-order valence-corrected chi connectivity index (χ0v) is 20.4. The molecule has 1 saturated heterocycles. The lowest BCUT2D eigenvalue weighted by atomic mass is 9.87. The minimum Gasteiger partial charge on any atom is -0.439 e. The SMILES string of the molecule is CC1CN(Cc2nc3cc([C@@H]4c5[nH]c6ccccc6c5C[C@@H](C)N4CC(C)(C)F)ccc3o2)C1. The maximum Gasteiger partial charge on any atom is 0.209 e. The van der Waals surface area contributed by atoms with Crippen molar-refractivity contribution < 1.29 is 8.81 Å². The van der Waals surface area contributed by atoms with E-state index in [0.29, 0.717) is 6.54 Å². The van der Waals surface area contributed by atoms with Crippen LogP contribution in [-0.2, 0) is 13.0 Å². The molecule has 1 fully saturated rings. The van der Waals surface area contributed by atoms with E-state index in [1.807, 2.05) is 6.07 Å². The quantitative estimate of drug-likeness (QED) is 0.406. The number of nitrogens with zero attached hydrogens (tertiary/aromatic N) is 3. The first kappa shape index (κ1) is 21.8. The molecule has 6 rings (SSSR count). The average Bonchev–Trinajstić information content (AvgIpc) is 3.32. The van der Waals surface area contributed by atoms with Crippen molar-refractivity contribution >= 4 is 22.0 Å². The summed E-state index contributed by atoms with van der Waals surface area (Å²) in [5, 5.41) is 1.27. The van der Waals surface area contributed by atoms with Gasteiger partial charge in [-0.15, -0.1) is 0 Å². The fraction of sp³-hybridized carbons (Fsp3) is 0.464. The van der Waals surface area contributed by atoms with E-state index in [2.05, 4.69) is 65.0 Å². The van der Waals surface area contributed by atoms with Crippen LogP contribution in [0.2, 0.25) is 0 Å². The number of nitrogens with one attached hydrogen (secondary N) is 1. The number of hydrogen-bond donors (Lipinski definition) is 1. The van der Waals surface area contributed by atoms with Crippen LogP contribution in [0, 0.1) is 5.92 Å². The first-order valence-corrected chi connectivity index (χ1v) is 12.4. The summed E-state index contributed by atoms with van der Waals surface area (Å²) in [6.45, 7) is 11.1. The normalized spacial score (nSPS) is 22.4. The van der Waals surface area contributed by atoms with Crippen molar-refractivity contribution in [3.63, 3.8) is 0 Å². The minimum absolute atomic E-state index is 0.0676. The topological polar surface area (TPSA) is 48.3 Å². The molecule has 2 atom stereocenters. The number of rotatable bonds is 5. The molecule has 4 heterocycles. The number of aromatic nitrogens is 2. The van der Waals surface area contributed by atoms with E-state index in [0.717, 1.165) is 60.0 Å². The molecule has 0 spiro atoms. The first-order chi connectivity index (χ1) is 16.2. The Bertz CT molecular complexity index is 1340. The Hall–Kier alpha value is -2.70. The largest absolute Gasteiger partial charge is 0.439 e. The van der Waals surface area contributed by atoms with E-state index < -0.39 is 5.67 Å². The third-order valence-corrected chi connectivity index (χ3v) is 7.35. The zero-order valence-electron chi connectivity index (χ0n) is 20.4. The van der Waals surface area contributed by atoms with Crippen molar-refractivity contribution in [2.45, 2.75) is 58.4 Å². The molecule has 0 amide bonds. The highest BCUT2D eigenvalue weighted by atomic mass is 19.1. The summed E-state index contributed by atoms with van der Waals surface area (Å²) in [4.78, 5) is 13.2. The Morgan fingerprint density at radius 3 is 2.71 bits per heavy atom. The summed E-state index contributed by atoms with van der Waals surface area (Å²) < 4.78 is 21.0. The van der Waals surface area contributed by atoms with Crippen LogP contribution < -0.4 is 0 Å². The number of likely N-dealkylation sites (tertiary alicyclic amines) is 1. The summed E-state index contributed by atoms with van der Waals surface area (Å²) in [5.41, 5.74) is 5.15. The Morgan fingerprint density at radius 1 is 1.15 bits per heavy atom. The van der Waals surface area contributed by atoms with Gasteiger partial charge in [0.1, 0.15) is 11.2 Å². The highest BCUT2D eigenvalue weighted by molar-refractivity contribution is 5.85. The number of H-pyrrole nitrogens is 1. The summed E-state index contributed by atoms with van der Waals surface area (Å²) >= 11 is 0. The predicted molar refractivity (Wildman–Crippen MR) is 134 cm³/mol. The second-order valence-corrected chi connectivity index (χ2v) is 11.0. The maximum absolute atomic E-state index is 15.0. The summed E-state index contributed by atoms with van der Waals surface area (Å²) in [5.74, 6) is 1.52. The number of hydrogen-bond acceptors (Lipinski definition) is 4. The third kappa shape index (κ3) is 3.83. The van der Waals surface area contributed by atoms with Crippen molar-refractivity contribution in [3.8, 4) is 0 Å². The van der Waals surface area contributed by atoms with Crippen molar-refractivity contribution in [1.29, 1.82) is 0 Å². The molecule has 5 nitrogen and oxygen atoms in total. The van der Waals surface area contributed by atoms with Crippen molar-refractivity contribution in [2.24, 2.45) is 5.92 Å². The van der Waals surface area contributed by atoms with Gasteiger partial charge in [-0.1, -0.05) is 31.2 Å². The van der Waals surface area contributed by atoms with Gasteiger partial charge in [0.05, 0.1) is 12.6 Å². The van der Waals surface area contributed by atoms with Gasteiger partial charge in [0, 0.05) is 42.3 Å². The standard InChI is InChI=1S/C28H33FN4O/c1-17-13-32(14-17)15-25-30-23-12-19(9-10-24(23)34-25)27-26-21(20-7-5-6-8-22(20)31-26)11-18(2)33(27)16-28(3,4)29/h5-10,12,17-18,27,31H,11,13-16H2,1-4H3/t18-,27-/m1/s1. The predicted octanol–water partition coefficient (Wildman–Crippen LogP) is 5.84. The number of para-hydroxylation sites is 1. The van der Waals surface area contributed by atoms with Crippen LogP contribution in [0.5, 0.6) is 0 Å². The molecular formula is C28H33FN4O. The van der Waals surface area contributed by atoms with E-state index in [-0.39, 0.29) is 12.1 Å². The molecule has 0 saturated carbocycles. The van der Waals surface area contributed by atoms with Crippen LogP contribution in [0.25, 0.3) is 22.0 Å². The molecule has 0 aliphatic carbocycles. The molecule has 0 unspecified atom stereocenters. The second kappa shape index (κ2) is 7.92. The van der Waals surface area contributed by atoms with Crippen molar-refractivity contribution in [3.05, 3.63) is 65.2 Å². The minimum atomic E-state index is -1.30. The monoisotopic (exact) mass is 460 g/mol. The van der Waals surface area contributed by atoms with Crippen LogP contribution in [0.15, 0.2) is 46.9 Å². The molecule has 6 heteroatoms. The Labute approximate surface area is 199 Å². The van der Waals surface area contributed by atoms with Crippen LogP contribution >= 0.6 is 0 Å². The van der Waals surface area contributed by atoms with Gasteiger partial charge in [0.15, 0.2) is 5.58 Å². The number of halogens is 1. The van der Waals surface area contributed by atoms with Gasteiger partial charge < -0.3 is 9.40 Å². The number of alkyl halides is 1. The van der Waals surface area contributed by atoms with Gasteiger partial charge in [-0.3, -0.25) is 9.80 Å². The second-order valence-electron chi connectivity index (χ2n) is 11.0. The molecule has 0 radical (unpaired) electrons. The van der Waals surface area contributed by atoms with Crippen LogP contribution in [-0.4, -0.2) is 51.1 Å². The Balaban J connectivity index is 1.43. The van der Waals surface area contributed by atoms with Gasteiger partial charge in [-0.05, 0) is 62.4 Å². The number of fused-ring (bicyclic) bond motifs is 4. The lowest BCUT2D eigenvalue weighted by Gasteiger charge is -2.43. The zero-order chi connectivity index (χ0) is 23.6. The van der Waals surface area contributed by atoms with E-state index in [1.54, 1.807) is 13.8 Å². The smallest absolute Gasteiger partial charge is 0.209 e. The van der Waals surface area contributed by atoms with E-state index >= 15 is 0 Å². The van der Waals surface area contributed by atoms with E-state index in [4.69, 9.17) is 9.40 Å². The van der Waals surface area contributed by atoms with Gasteiger partial charge in [-0.25, -0.2) is 9.37 Å². The molecular weight excluding hydrogens is 427 g/mol. The molecule has 4 aromatic rings. The first-order valence-electron chi connectivity index (χ1n) is 12.4. The average molecular weight is 461 g/mol. The highest BCUT2D eigenvalue weighted by Crippen LogP contribution is 2.42. The van der Waals surface area contributed by atoms with Gasteiger partial charge in [0.25, 0.3) is 0 Å². The van der Waals surface area contributed by atoms with Crippen LogP contribution in [0.1, 0.15) is 56.4 Å². The summed E-state index contributed by atoms with van der Waals surface area (Å²) in [6, 6.07) is 14.9. The molecule has 178 valence electrons. The summed E-state index contributed by atoms with van der Waals surface area (Å²) in [7, 11) is 0. The van der Waals surface area contributed by atoms with Crippen LogP contribution in [0.4, 0.5) is 4.39 Å². The molecule has 2 aromatic heterocycles. The van der Waals surface area contributed by atoms with Crippen molar-refractivity contribution in [2.75, 3.05) is 19.6 Å². The molecule has 0 bridgehead atoms. The van der Waals surface area contributed by atoms with E-state index in [9.17, 15) is 4.39 Å². The molecule has 2 aliphatic heterocycles. The Kier molecular flexibility index (Phi) is 5.08. The molecule has 2 aliphatic rings. The Morgan fingerprint density at radius 2 is 1.94 bits per heavy atom. The maximum atomic E-state index is 15.0. The van der Waals surface area contributed by atoms with Crippen molar-refractivity contribution in [1.82, 2.24) is 19.8 Å². The van der Waals surface area contributed by atoms with Crippen LogP contribution in [0.3, 0.4) is 0 Å². The van der Waals surface area contributed by atoms with Gasteiger partial charge in [0.2, 0.25) is 5.89 Å². The summed E-state index contributed by atoms with van der Waals surface area (Å²) in [6.07, 6.45) is 0.899. The fourth-order valence-electron chi connectivity index (χ4n) is 5.92. The fourth-order valence-corrected chi connectivity index (χ4v) is 5.92. The lowest BCUT2D eigenvalue weighted by Crippen LogP contribution is -2.47. The molecule has 34 heavy (non-hydrogen) atoms. The van der Waals surface area contributed by atoms with Gasteiger partial charge >= 0.3 is 0 Å². The highest BCUT2D eigenvalue weighted by Gasteiger charge is 2.38. The number of benzene rings is 2. The van der Waals surface area contributed by atoms with Gasteiger partial charge in [-0.2, -0.15) is 0 Å². The molecule has 1 N–H and O–H groups in total. The third-order valence-electron chi connectivity index (χ3n) is 7.35. The number of oxazole rings is 1. The molecule has 2 aromatic carbocycles. The number of aromatic amines is 1.